The van der Waals surface area contributed by atoms with Crippen LogP contribution in [0.25, 0.3) is 0 Å². The summed E-state index contributed by atoms with van der Waals surface area (Å²) in [4.78, 5) is 2.83. The fourth-order valence-electron chi connectivity index (χ4n) is 2.60. The van der Waals surface area contributed by atoms with Crippen molar-refractivity contribution in [1.82, 2.24) is 5.32 Å². The van der Waals surface area contributed by atoms with Gasteiger partial charge in [0.1, 0.15) is 18.5 Å². The van der Waals surface area contributed by atoms with Crippen LogP contribution < -0.4 is 10.1 Å². The van der Waals surface area contributed by atoms with Gasteiger partial charge in [-0.1, -0.05) is 25.1 Å². The van der Waals surface area contributed by atoms with Crippen LogP contribution in [-0.2, 0) is 17.6 Å². The number of morpholine rings is 1. The van der Waals surface area contributed by atoms with Gasteiger partial charge in [0.2, 0.25) is 0 Å². The maximum absolute atomic E-state index is 6.02. The molecular weight excluding hydrogens is 294 g/mol. The molecule has 3 rings (SSSR count). The summed E-state index contributed by atoms with van der Waals surface area (Å²) in [5, 5.41) is 3.33. The Kier molecular flexibility index (Phi) is 5.48. The number of benzene rings is 1. The Morgan fingerprint density at radius 3 is 2.86 bits per heavy atom. The second kappa shape index (κ2) is 7.77. The number of ether oxygens (including phenoxy) is 2. The molecule has 0 radical (unpaired) electrons. The molecule has 4 heteroatoms. The molecule has 1 N–H and O–H groups in total. The van der Waals surface area contributed by atoms with Crippen LogP contribution in [0, 0.1) is 0 Å². The van der Waals surface area contributed by atoms with Gasteiger partial charge in [0.05, 0.1) is 6.61 Å². The van der Waals surface area contributed by atoms with Gasteiger partial charge >= 0.3 is 0 Å². The highest BCUT2D eigenvalue weighted by molar-refractivity contribution is 7.12. The van der Waals surface area contributed by atoms with Gasteiger partial charge in [0.15, 0.2) is 0 Å². The van der Waals surface area contributed by atoms with Gasteiger partial charge in [-0.15, -0.1) is 11.3 Å². The summed E-state index contributed by atoms with van der Waals surface area (Å²) in [6, 6.07) is 12.8. The molecule has 1 aliphatic heterocycles. The SMILES string of the molecule is CCc1ccc(Cc2ccccc2OCC2CNCCO2)s1. The minimum atomic E-state index is 0.148. The zero-order valence-corrected chi connectivity index (χ0v) is 13.8. The summed E-state index contributed by atoms with van der Waals surface area (Å²) in [7, 11) is 0. The van der Waals surface area contributed by atoms with Crippen molar-refractivity contribution >= 4 is 11.3 Å². The molecule has 1 aliphatic rings. The van der Waals surface area contributed by atoms with Crippen LogP contribution in [0.5, 0.6) is 5.75 Å². The first-order valence-corrected chi connectivity index (χ1v) is 8.77. The third-order valence-electron chi connectivity index (χ3n) is 3.83. The van der Waals surface area contributed by atoms with E-state index in [0.29, 0.717) is 6.61 Å². The summed E-state index contributed by atoms with van der Waals surface area (Å²) in [5.74, 6) is 0.975. The first-order valence-electron chi connectivity index (χ1n) is 7.95. The van der Waals surface area contributed by atoms with Crippen molar-refractivity contribution in [3.63, 3.8) is 0 Å². The summed E-state index contributed by atoms with van der Waals surface area (Å²) in [6.45, 7) is 5.38. The van der Waals surface area contributed by atoms with Crippen molar-refractivity contribution in [2.24, 2.45) is 0 Å². The number of nitrogens with one attached hydrogen (secondary N) is 1. The van der Waals surface area contributed by atoms with Gasteiger partial charge < -0.3 is 14.8 Å². The molecule has 1 aromatic heterocycles. The molecule has 2 aromatic rings. The van der Waals surface area contributed by atoms with Crippen molar-refractivity contribution < 1.29 is 9.47 Å². The molecule has 0 bridgehead atoms. The highest BCUT2D eigenvalue weighted by Gasteiger charge is 2.15. The topological polar surface area (TPSA) is 30.5 Å². The van der Waals surface area contributed by atoms with Crippen molar-refractivity contribution in [2.75, 3.05) is 26.3 Å². The molecule has 1 saturated heterocycles. The van der Waals surface area contributed by atoms with Crippen LogP contribution >= 0.6 is 11.3 Å². The summed E-state index contributed by atoms with van der Waals surface area (Å²) < 4.78 is 11.7. The Balaban J connectivity index is 1.63. The number of para-hydroxylation sites is 1. The van der Waals surface area contributed by atoms with Crippen molar-refractivity contribution in [1.29, 1.82) is 0 Å². The van der Waals surface area contributed by atoms with E-state index in [1.165, 1.54) is 15.3 Å². The van der Waals surface area contributed by atoms with Crippen molar-refractivity contribution in [3.8, 4) is 5.75 Å². The quantitative estimate of drug-likeness (QED) is 0.887. The minimum Gasteiger partial charge on any atom is -0.491 e. The van der Waals surface area contributed by atoms with E-state index in [4.69, 9.17) is 9.47 Å². The maximum atomic E-state index is 6.02. The van der Waals surface area contributed by atoms with E-state index in [1.54, 1.807) is 0 Å². The lowest BCUT2D eigenvalue weighted by Crippen LogP contribution is -2.41. The molecule has 1 atom stereocenters. The van der Waals surface area contributed by atoms with Gasteiger partial charge in [-0.05, 0) is 30.2 Å². The Morgan fingerprint density at radius 2 is 2.09 bits per heavy atom. The van der Waals surface area contributed by atoms with E-state index in [9.17, 15) is 0 Å². The predicted octanol–water partition coefficient (Wildman–Crippen LogP) is 3.27. The van der Waals surface area contributed by atoms with Crippen LogP contribution in [0.4, 0.5) is 0 Å². The number of rotatable bonds is 6. The number of thiophene rings is 1. The lowest BCUT2D eigenvalue weighted by atomic mass is 10.1. The van der Waals surface area contributed by atoms with E-state index in [-0.39, 0.29) is 6.10 Å². The van der Waals surface area contributed by atoms with Crippen molar-refractivity contribution in [2.45, 2.75) is 25.9 Å². The van der Waals surface area contributed by atoms with Gasteiger partial charge in [-0.25, -0.2) is 0 Å². The Labute approximate surface area is 136 Å². The summed E-state index contributed by atoms with van der Waals surface area (Å²) >= 11 is 1.89. The van der Waals surface area contributed by atoms with Gasteiger partial charge in [0, 0.05) is 29.3 Å². The van der Waals surface area contributed by atoms with E-state index in [0.717, 1.165) is 38.3 Å². The number of hydrogen-bond donors (Lipinski definition) is 1. The highest BCUT2D eigenvalue weighted by atomic mass is 32.1. The predicted molar refractivity (Wildman–Crippen MR) is 91.0 cm³/mol. The number of aryl methyl sites for hydroxylation is 1. The van der Waals surface area contributed by atoms with Gasteiger partial charge in [-0.2, -0.15) is 0 Å². The van der Waals surface area contributed by atoms with E-state index in [2.05, 4.69) is 42.6 Å². The second-order valence-electron chi connectivity index (χ2n) is 5.51. The molecule has 2 heterocycles. The molecule has 0 amide bonds. The average Bonchev–Trinajstić information content (AvgIpc) is 3.03. The molecule has 118 valence electrons. The summed E-state index contributed by atoms with van der Waals surface area (Å²) in [5.41, 5.74) is 1.25. The molecule has 1 aromatic carbocycles. The van der Waals surface area contributed by atoms with Crippen LogP contribution in [0.1, 0.15) is 22.2 Å². The van der Waals surface area contributed by atoms with E-state index >= 15 is 0 Å². The highest BCUT2D eigenvalue weighted by Crippen LogP contribution is 2.26. The average molecular weight is 317 g/mol. The van der Waals surface area contributed by atoms with E-state index < -0.39 is 0 Å². The molecule has 0 aliphatic carbocycles. The second-order valence-corrected chi connectivity index (χ2v) is 6.77. The van der Waals surface area contributed by atoms with Gasteiger partial charge in [0.25, 0.3) is 0 Å². The molecular formula is C18H23NO2S. The first kappa shape index (κ1) is 15.5. The van der Waals surface area contributed by atoms with Crippen LogP contribution in [0.2, 0.25) is 0 Å². The monoisotopic (exact) mass is 317 g/mol. The molecule has 1 unspecified atom stereocenters. The molecule has 3 nitrogen and oxygen atoms in total. The Hall–Kier alpha value is -1.36. The Morgan fingerprint density at radius 1 is 1.23 bits per heavy atom. The smallest absolute Gasteiger partial charge is 0.122 e. The normalized spacial score (nSPS) is 18.3. The maximum Gasteiger partial charge on any atom is 0.122 e. The Bertz CT molecular complexity index is 590. The van der Waals surface area contributed by atoms with Crippen LogP contribution in [-0.4, -0.2) is 32.4 Å². The third kappa shape index (κ3) is 4.09. The lowest BCUT2D eigenvalue weighted by Gasteiger charge is -2.24. The fourth-order valence-corrected chi connectivity index (χ4v) is 3.58. The van der Waals surface area contributed by atoms with Crippen molar-refractivity contribution in [3.05, 3.63) is 51.7 Å². The molecule has 1 fully saturated rings. The third-order valence-corrected chi connectivity index (χ3v) is 5.06. The van der Waals surface area contributed by atoms with E-state index in [1.807, 2.05) is 17.4 Å². The molecule has 0 saturated carbocycles. The summed E-state index contributed by atoms with van der Waals surface area (Å²) in [6.07, 6.45) is 2.19. The van der Waals surface area contributed by atoms with Gasteiger partial charge in [-0.3, -0.25) is 0 Å². The first-order chi connectivity index (χ1) is 10.8. The molecule has 0 spiro atoms. The standard InChI is InChI=1S/C18H23NO2S/c1-2-16-7-8-17(22-16)11-14-5-3-4-6-18(14)21-13-15-12-19-9-10-20-15/h3-8,15,19H,2,9-13H2,1H3. The molecule has 22 heavy (non-hydrogen) atoms. The van der Waals surface area contributed by atoms with Crippen LogP contribution in [0.15, 0.2) is 36.4 Å². The number of hydrogen-bond acceptors (Lipinski definition) is 4. The largest absolute Gasteiger partial charge is 0.491 e. The fraction of sp³-hybridized carbons (Fsp3) is 0.444. The lowest BCUT2D eigenvalue weighted by molar-refractivity contribution is 0.0000351. The zero-order chi connectivity index (χ0) is 15.2. The van der Waals surface area contributed by atoms with Crippen LogP contribution in [0.3, 0.4) is 0 Å². The minimum absolute atomic E-state index is 0.148. The zero-order valence-electron chi connectivity index (χ0n) is 13.0.